The van der Waals surface area contributed by atoms with Gasteiger partial charge in [-0.2, -0.15) is 0 Å². The molecule has 1 aromatic heterocycles. The molecule has 0 aliphatic heterocycles. The summed E-state index contributed by atoms with van der Waals surface area (Å²) in [5.41, 5.74) is 1.62. The molecule has 0 fully saturated rings. The Morgan fingerprint density at radius 1 is 0.826 bits per heavy atom. The van der Waals surface area contributed by atoms with Crippen molar-refractivity contribution in [1.29, 1.82) is 0 Å². The molecule has 3 aromatic carbocycles. The van der Waals surface area contributed by atoms with Crippen molar-refractivity contribution in [2.75, 3.05) is 0 Å². The van der Waals surface area contributed by atoms with Gasteiger partial charge < -0.3 is 5.11 Å². The highest BCUT2D eigenvalue weighted by atomic mass is 16.3. The second kappa shape index (κ2) is 5.21. The Balaban J connectivity index is 2.06. The Morgan fingerprint density at radius 3 is 2.43 bits per heavy atom. The van der Waals surface area contributed by atoms with Gasteiger partial charge in [-0.05, 0) is 23.6 Å². The first kappa shape index (κ1) is 13.5. The van der Waals surface area contributed by atoms with Gasteiger partial charge in [0.15, 0.2) is 5.78 Å². The number of aromatic hydroxyl groups is 1. The molecule has 1 N–H and O–H groups in total. The summed E-state index contributed by atoms with van der Waals surface area (Å²) in [6, 6.07) is 20.0. The SMILES string of the molecule is O=C(c1ccccc1O)c1cccc2ncc3ccccc3c12. The molecule has 0 spiro atoms. The van der Waals surface area contributed by atoms with Crippen molar-refractivity contribution < 1.29 is 9.90 Å². The fraction of sp³-hybridized carbons (Fsp3) is 0. The summed E-state index contributed by atoms with van der Waals surface area (Å²) < 4.78 is 0. The van der Waals surface area contributed by atoms with Crippen LogP contribution in [0.15, 0.2) is 72.9 Å². The molecular weight excluding hydrogens is 286 g/mol. The molecule has 0 saturated carbocycles. The second-order valence-corrected chi connectivity index (χ2v) is 5.39. The van der Waals surface area contributed by atoms with Crippen LogP contribution in [-0.4, -0.2) is 15.9 Å². The lowest BCUT2D eigenvalue weighted by atomic mass is 9.95. The summed E-state index contributed by atoms with van der Waals surface area (Å²) in [5.74, 6) is -0.213. The van der Waals surface area contributed by atoms with Gasteiger partial charge in [-0.15, -0.1) is 0 Å². The molecule has 0 saturated heterocycles. The standard InChI is InChI=1S/C20H13NO2/c22-18-11-4-3-8-15(18)20(23)16-9-5-10-17-19(16)14-7-2-1-6-13(14)12-21-17/h1-12,22H. The maximum atomic E-state index is 12.9. The van der Waals surface area contributed by atoms with E-state index in [-0.39, 0.29) is 11.5 Å². The van der Waals surface area contributed by atoms with Crippen molar-refractivity contribution in [3.63, 3.8) is 0 Å². The van der Waals surface area contributed by atoms with E-state index in [4.69, 9.17) is 0 Å². The number of phenolic OH excluding ortho intramolecular Hbond substituents is 1. The van der Waals surface area contributed by atoms with Crippen LogP contribution in [0.5, 0.6) is 5.75 Å². The van der Waals surface area contributed by atoms with E-state index in [9.17, 15) is 9.90 Å². The maximum absolute atomic E-state index is 12.9. The summed E-state index contributed by atoms with van der Waals surface area (Å²) in [5, 5.41) is 12.8. The van der Waals surface area contributed by atoms with Crippen LogP contribution >= 0.6 is 0 Å². The number of pyridine rings is 1. The molecule has 0 bridgehead atoms. The monoisotopic (exact) mass is 299 g/mol. The number of carbonyl (C=O) groups is 1. The third kappa shape index (κ3) is 2.14. The number of ketones is 1. The van der Waals surface area contributed by atoms with Gasteiger partial charge in [-0.3, -0.25) is 9.78 Å². The van der Waals surface area contributed by atoms with Gasteiger partial charge in [-0.25, -0.2) is 0 Å². The normalized spacial score (nSPS) is 11.0. The predicted octanol–water partition coefficient (Wildman–Crippen LogP) is 4.32. The number of hydrogen-bond donors (Lipinski definition) is 1. The highest BCUT2D eigenvalue weighted by Gasteiger charge is 2.17. The number of phenols is 1. The van der Waals surface area contributed by atoms with Crippen molar-refractivity contribution in [1.82, 2.24) is 4.98 Å². The summed E-state index contributed by atoms with van der Waals surface area (Å²) in [7, 11) is 0. The number of rotatable bonds is 2. The largest absolute Gasteiger partial charge is 0.507 e. The van der Waals surface area contributed by atoms with Crippen LogP contribution in [-0.2, 0) is 0 Å². The Labute approximate surface area is 132 Å². The lowest BCUT2D eigenvalue weighted by molar-refractivity contribution is 0.103. The van der Waals surface area contributed by atoms with E-state index in [2.05, 4.69) is 4.98 Å². The molecule has 3 nitrogen and oxygen atoms in total. The van der Waals surface area contributed by atoms with Gasteiger partial charge in [0.05, 0.1) is 11.1 Å². The third-order valence-electron chi connectivity index (χ3n) is 4.01. The summed E-state index contributed by atoms with van der Waals surface area (Å²) in [4.78, 5) is 17.4. The topological polar surface area (TPSA) is 50.2 Å². The average Bonchev–Trinajstić information content (AvgIpc) is 2.61. The first-order chi connectivity index (χ1) is 11.3. The summed E-state index contributed by atoms with van der Waals surface area (Å²) in [6.07, 6.45) is 1.81. The Kier molecular flexibility index (Phi) is 3.05. The van der Waals surface area contributed by atoms with E-state index < -0.39 is 0 Å². The first-order valence-electron chi connectivity index (χ1n) is 7.35. The molecule has 0 atom stereocenters. The molecule has 3 heteroatoms. The predicted molar refractivity (Wildman–Crippen MR) is 90.8 cm³/mol. The van der Waals surface area contributed by atoms with E-state index in [1.807, 2.05) is 42.6 Å². The molecule has 0 aliphatic rings. The third-order valence-corrected chi connectivity index (χ3v) is 4.01. The zero-order valence-electron chi connectivity index (χ0n) is 12.2. The second-order valence-electron chi connectivity index (χ2n) is 5.39. The minimum absolute atomic E-state index is 0.0114. The van der Waals surface area contributed by atoms with Crippen LogP contribution in [0, 0.1) is 0 Å². The van der Waals surface area contributed by atoms with Crippen molar-refractivity contribution in [3.05, 3.63) is 84.1 Å². The molecule has 110 valence electrons. The first-order valence-corrected chi connectivity index (χ1v) is 7.35. The highest BCUT2D eigenvalue weighted by Crippen LogP contribution is 2.29. The Bertz CT molecular complexity index is 1050. The molecule has 0 amide bonds. The quantitative estimate of drug-likeness (QED) is 0.443. The summed E-state index contributed by atoms with van der Waals surface area (Å²) in [6.45, 7) is 0. The van der Waals surface area contributed by atoms with Gasteiger partial charge >= 0.3 is 0 Å². The minimum atomic E-state index is -0.202. The van der Waals surface area contributed by atoms with Gasteiger partial charge in [0.25, 0.3) is 0 Å². The number of benzene rings is 3. The van der Waals surface area contributed by atoms with Gasteiger partial charge in [0.2, 0.25) is 0 Å². The van der Waals surface area contributed by atoms with Crippen molar-refractivity contribution >= 4 is 27.5 Å². The fourth-order valence-corrected chi connectivity index (χ4v) is 2.91. The molecule has 4 rings (SSSR count). The van der Waals surface area contributed by atoms with Crippen LogP contribution in [0.25, 0.3) is 21.7 Å². The highest BCUT2D eigenvalue weighted by molar-refractivity contribution is 6.22. The van der Waals surface area contributed by atoms with Gasteiger partial charge in [0, 0.05) is 22.5 Å². The van der Waals surface area contributed by atoms with Crippen molar-refractivity contribution in [2.45, 2.75) is 0 Å². The number of hydrogen-bond acceptors (Lipinski definition) is 3. The number of nitrogens with zero attached hydrogens (tertiary/aromatic N) is 1. The van der Waals surface area contributed by atoms with Crippen LogP contribution in [0.1, 0.15) is 15.9 Å². The Hall–Kier alpha value is -3.20. The van der Waals surface area contributed by atoms with Crippen molar-refractivity contribution in [3.8, 4) is 5.75 Å². The zero-order valence-corrected chi connectivity index (χ0v) is 12.2. The van der Waals surface area contributed by atoms with E-state index in [1.165, 1.54) is 6.07 Å². The van der Waals surface area contributed by atoms with E-state index in [0.717, 1.165) is 21.7 Å². The molecule has 4 aromatic rings. The summed E-state index contributed by atoms with van der Waals surface area (Å²) >= 11 is 0. The lowest BCUT2D eigenvalue weighted by Crippen LogP contribution is -2.03. The molecular formula is C20H13NO2. The number of carbonyl (C=O) groups excluding carboxylic acids is 1. The van der Waals surface area contributed by atoms with Gasteiger partial charge in [0.1, 0.15) is 5.75 Å². The van der Waals surface area contributed by atoms with Gasteiger partial charge in [-0.1, -0.05) is 48.5 Å². The minimum Gasteiger partial charge on any atom is -0.507 e. The van der Waals surface area contributed by atoms with E-state index in [0.29, 0.717) is 11.1 Å². The molecule has 0 radical (unpaired) electrons. The molecule has 23 heavy (non-hydrogen) atoms. The van der Waals surface area contributed by atoms with Crippen LogP contribution < -0.4 is 0 Å². The van der Waals surface area contributed by atoms with Crippen LogP contribution in [0.4, 0.5) is 0 Å². The lowest BCUT2D eigenvalue weighted by Gasteiger charge is -2.09. The maximum Gasteiger partial charge on any atom is 0.197 e. The molecule has 0 unspecified atom stereocenters. The van der Waals surface area contributed by atoms with Crippen LogP contribution in [0.2, 0.25) is 0 Å². The Morgan fingerprint density at radius 2 is 1.57 bits per heavy atom. The average molecular weight is 299 g/mol. The fourth-order valence-electron chi connectivity index (χ4n) is 2.91. The molecule has 0 aliphatic carbocycles. The van der Waals surface area contributed by atoms with E-state index in [1.54, 1.807) is 24.3 Å². The zero-order chi connectivity index (χ0) is 15.8. The number of fused-ring (bicyclic) bond motifs is 3. The number of aromatic nitrogens is 1. The smallest absolute Gasteiger partial charge is 0.197 e. The van der Waals surface area contributed by atoms with Crippen LogP contribution in [0.3, 0.4) is 0 Å². The number of para-hydroxylation sites is 1. The van der Waals surface area contributed by atoms with E-state index >= 15 is 0 Å². The molecule has 1 heterocycles. The van der Waals surface area contributed by atoms with Crippen molar-refractivity contribution in [2.24, 2.45) is 0 Å².